The van der Waals surface area contributed by atoms with Gasteiger partial charge in [-0.15, -0.1) is 11.3 Å². The lowest BCUT2D eigenvalue weighted by molar-refractivity contribution is -0.156. The maximum atomic E-state index is 15.0. The number of ether oxygens (including phenoxy) is 5. The molecule has 0 spiro atoms. The fourth-order valence-corrected chi connectivity index (χ4v) is 13.2. The predicted octanol–water partition coefficient (Wildman–Crippen LogP) is 7.20. The average molecular weight is 1010 g/mol. The Bertz CT molecular complexity index is 2640. The Morgan fingerprint density at radius 1 is 0.958 bits per heavy atom. The van der Waals surface area contributed by atoms with Crippen molar-refractivity contribution in [2.45, 2.75) is 140 Å². The largest absolute Gasteiger partial charge is 0.464 e. The van der Waals surface area contributed by atoms with Crippen molar-refractivity contribution in [1.82, 2.24) is 40.1 Å². The van der Waals surface area contributed by atoms with E-state index in [0.29, 0.717) is 50.8 Å². The second-order valence-electron chi connectivity index (χ2n) is 22.6. The number of thiazole rings is 1. The molecule has 7 aliphatic rings. The number of hydrogen-bond donors (Lipinski definition) is 2. The molecule has 1 saturated carbocycles. The molecule has 17 nitrogen and oxygen atoms in total. The molecule has 1 aromatic carbocycles. The first-order valence-corrected chi connectivity index (χ1v) is 27.4. The molecule has 18 heteroatoms. The van der Waals surface area contributed by atoms with E-state index in [2.05, 4.69) is 73.5 Å². The quantitative estimate of drug-likeness (QED) is 0.162. The number of rotatable bonds is 9. The third-order valence-electron chi connectivity index (χ3n) is 16.0. The number of nitrogens with one attached hydrogen (secondary N) is 2. The molecule has 0 radical (unpaired) electrons. The molecule has 3 aromatic heterocycles. The zero-order chi connectivity index (χ0) is 49.9. The minimum absolute atomic E-state index is 0.0785. The van der Waals surface area contributed by atoms with Gasteiger partial charge in [0.05, 0.1) is 54.3 Å². The van der Waals surface area contributed by atoms with Crippen molar-refractivity contribution in [1.29, 1.82) is 0 Å². The lowest BCUT2D eigenvalue weighted by Crippen LogP contribution is -2.62. The maximum absolute atomic E-state index is 15.0. The van der Waals surface area contributed by atoms with Crippen LogP contribution in [0.1, 0.15) is 120 Å². The fourth-order valence-electron chi connectivity index (χ4n) is 12.3. The van der Waals surface area contributed by atoms with Gasteiger partial charge in [-0.3, -0.25) is 29.4 Å². The van der Waals surface area contributed by atoms with Crippen molar-refractivity contribution in [3.63, 3.8) is 0 Å². The van der Waals surface area contributed by atoms with Crippen molar-refractivity contribution in [3.05, 3.63) is 52.1 Å². The van der Waals surface area contributed by atoms with Crippen molar-refractivity contribution in [3.8, 4) is 22.5 Å². The van der Waals surface area contributed by atoms with Gasteiger partial charge in [0.15, 0.2) is 0 Å². The van der Waals surface area contributed by atoms with Crippen LogP contribution in [0.3, 0.4) is 0 Å². The molecule has 4 saturated heterocycles. The zero-order valence-electron chi connectivity index (χ0n) is 43.0. The Morgan fingerprint density at radius 3 is 2.47 bits per heavy atom. The number of fused-ring (bicyclic) bond motifs is 8. The number of carbonyl (C=O) groups is 3. The summed E-state index contributed by atoms with van der Waals surface area (Å²) < 4.78 is 33.6. The number of methoxy groups -OCH3 is 1. The average Bonchev–Trinajstić information content (AvgIpc) is 3.70. The van der Waals surface area contributed by atoms with Gasteiger partial charge in [0.1, 0.15) is 28.8 Å². The number of pyridine rings is 1. The summed E-state index contributed by atoms with van der Waals surface area (Å²) in [6.45, 7) is 18.1. The van der Waals surface area contributed by atoms with E-state index < -0.39 is 47.3 Å². The summed E-state index contributed by atoms with van der Waals surface area (Å²) >= 11 is 1.49. The number of alkyl carbamates (subject to hydrolysis) is 1. The van der Waals surface area contributed by atoms with Crippen molar-refractivity contribution in [2.24, 2.45) is 5.41 Å². The Kier molecular flexibility index (Phi) is 13.9. The number of benzene rings is 1. The monoisotopic (exact) mass is 1010 g/mol. The van der Waals surface area contributed by atoms with Gasteiger partial charge < -0.3 is 38.5 Å². The molecule has 2 N–H and O–H groups in total. The molecule has 72 heavy (non-hydrogen) atoms. The van der Waals surface area contributed by atoms with Crippen LogP contribution in [-0.4, -0.2) is 156 Å². The number of cyclic esters (lactones) is 1. The number of anilines is 1. The number of amides is 2. The molecule has 5 aliphatic heterocycles. The molecular weight excluding hydrogens is 935 g/mol. The molecule has 6 bridgehead atoms. The number of hydrogen-bond acceptors (Lipinski definition) is 15. The lowest BCUT2D eigenvalue weighted by Gasteiger charge is -2.43. The Labute approximate surface area is 427 Å². The van der Waals surface area contributed by atoms with Gasteiger partial charge in [-0.05, 0) is 109 Å². The topological polar surface area (TPSA) is 165 Å². The molecule has 2 amide bonds. The van der Waals surface area contributed by atoms with E-state index >= 15 is 4.79 Å². The highest BCUT2D eigenvalue weighted by Gasteiger charge is 2.49. The summed E-state index contributed by atoms with van der Waals surface area (Å²) in [6.07, 6.45) is 8.29. The second kappa shape index (κ2) is 20.2. The minimum atomic E-state index is -1.07. The third-order valence-corrected chi connectivity index (χ3v) is 16.9. The number of aromatic nitrogens is 3. The van der Waals surface area contributed by atoms with Gasteiger partial charge >= 0.3 is 12.1 Å². The summed E-state index contributed by atoms with van der Waals surface area (Å²) in [6, 6.07) is 7.23. The number of likely N-dealkylation sites (tertiary alicyclic amines) is 1. The molecule has 11 rings (SSSR count). The van der Waals surface area contributed by atoms with Gasteiger partial charge in [-0.2, -0.15) is 0 Å². The highest BCUT2D eigenvalue weighted by atomic mass is 32.1. The van der Waals surface area contributed by atoms with E-state index in [1.165, 1.54) is 29.2 Å². The molecule has 388 valence electrons. The SMILES string of the molecule is CO[C@@H]1c2ncc(N3CCN(C4CC4)CC3)cc2-c2c3c4cc(ccc4n2CCOC2CCOCC2)-c2csc(n2)[C@@H](N2CCCC2)C(NC(=O)OC(C)(C)C)C(=O)N2CCC[C@H](N2)C(=O)OCC(C)(C)C31. The zero-order valence-corrected chi connectivity index (χ0v) is 43.8. The van der Waals surface area contributed by atoms with Crippen LogP contribution in [-0.2, 0) is 39.8 Å². The Hall–Kier alpha value is -4.69. The van der Waals surface area contributed by atoms with Crippen molar-refractivity contribution in [2.75, 3.05) is 84.3 Å². The maximum Gasteiger partial charge on any atom is 0.408 e. The van der Waals surface area contributed by atoms with E-state index in [4.69, 9.17) is 33.7 Å². The molecule has 5 atom stereocenters. The lowest BCUT2D eigenvalue weighted by atomic mass is 9.67. The first-order valence-electron chi connectivity index (χ1n) is 26.6. The second-order valence-corrected chi connectivity index (χ2v) is 23.5. The summed E-state index contributed by atoms with van der Waals surface area (Å²) in [7, 11) is 1.77. The van der Waals surface area contributed by atoms with Crippen molar-refractivity contribution >= 4 is 45.9 Å². The number of esters is 1. The molecule has 5 fully saturated rings. The molecular formula is C54H73N9O8S. The number of hydrazine groups is 1. The number of piperazine rings is 1. The smallest absolute Gasteiger partial charge is 0.408 e. The van der Waals surface area contributed by atoms with Gasteiger partial charge in [-0.25, -0.2) is 15.2 Å². The molecule has 4 aromatic rings. The number of carbonyl (C=O) groups excluding carboxylic acids is 3. The Morgan fingerprint density at radius 2 is 1.74 bits per heavy atom. The summed E-state index contributed by atoms with van der Waals surface area (Å²) in [5.74, 6) is -1.12. The van der Waals surface area contributed by atoms with E-state index in [1.54, 1.807) is 27.9 Å². The van der Waals surface area contributed by atoms with Gasteiger partial charge in [0.2, 0.25) is 0 Å². The fraction of sp³-hybridized carbons (Fsp3) is 0.648. The molecule has 2 unspecified atom stereocenters. The molecule has 8 heterocycles. The molecule has 2 aliphatic carbocycles. The van der Waals surface area contributed by atoms with Gasteiger partial charge in [0.25, 0.3) is 5.91 Å². The number of nitrogens with zero attached hydrogens (tertiary/aromatic N) is 7. The standard InChI is InChI=1S/C54H73N9O8S/c1-53(2,3)71-52(66)57-45-47(61-17-7-8-18-61)49-56-40(31-72-49)33-11-14-41-37(28-33)42-43(54(4,5)32-70-51(65)39-10-9-19-63(58-39)50(45)64)48(67-6)44-38(46(42)62(41)24-27-69-36-15-25-68-26-16-36)29-35(30-55-44)60-22-20-59(21-23-60)34-12-13-34/h11,14,28-31,34,36,39,43,45,47-48,58H,7-10,12-13,15-27,32H2,1-6H3,(H,57,66)/t39-,43?,45?,47-,48-/m0/s1. The van der Waals surface area contributed by atoms with Crippen LogP contribution < -0.4 is 15.6 Å². The predicted molar refractivity (Wildman–Crippen MR) is 275 cm³/mol. The van der Waals surface area contributed by atoms with E-state index in [-0.39, 0.29) is 24.5 Å². The van der Waals surface area contributed by atoms with Crippen LogP contribution in [0.2, 0.25) is 0 Å². The normalized spacial score (nSPS) is 26.6. The first-order chi connectivity index (χ1) is 34.7. The third kappa shape index (κ3) is 9.88. The van der Waals surface area contributed by atoms with Gasteiger partial charge in [0, 0.05) is 104 Å². The van der Waals surface area contributed by atoms with Crippen LogP contribution in [0.15, 0.2) is 35.8 Å². The highest BCUT2D eigenvalue weighted by molar-refractivity contribution is 7.10. The van der Waals surface area contributed by atoms with E-state index in [1.807, 2.05) is 6.20 Å². The highest BCUT2D eigenvalue weighted by Crippen LogP contribution is 2.57. The van der Waals surface area contributed by atoms with Crippen molar-refractivity contribution < 1.29 is 38.1 Å². The van der Waals surface area contributed by atoms with Crippen LogP contribution in [0, 0.1) is 5.41 Å². The van der Waals surface area contributed by atoms with Crippen LogP contribution in [0.4, 0.5) is 10.5 Å². The van der Waals surface area contributed by atoms with Gasteiger partial charge in [-0.1, -0.05) is 19.9 Å². The van der Waals surface area contributed by atoms with E-state index in [9.17, 15) is 9.59 Å². The Balaban J connectivity index is 1.07. The summed E-state index contributed by atoms with van der Waals surface area (Å²) in [4.78, 5) is 61.3. The summed E-state index contributed by atoms with van der Waals surface area (Å²) in [5, 5.41) is 8.35. The summed E-state index contributed by atoms with van der Waals surface area (Å²) in [5.41, 5.74) is 9.74. The van der Waals surface area contributed by atoms with E-state index in [0.717, 1.165) is 121 Å². The minimum Gasteiger partial charge on any atom is -0.464 e. The van der Waals surface area contributed by atoms with Crippen LogP contribution in [0.5, 0.6) is 0 Å². The van der Waals surface area contributed by atoms with Crippen LogP contribution in [0.25, 0.3) is 33.4 Å². The first kappa shape index (κ1) is 49.5. The van der Waals surface area contributed by atoms with Crippen LogP contribution >= 0.6 is 11.3 Å².